The van der Waals surface area contributed by atoms with Gasteiger partial charge in [0.2, 0.25) is 0 Å². The summed E-state index contributed by atoms with van der Waals surface area (Å²) in [7, 11) is 0. The highest BCUT2D eigenvalue weighted by Crippen LogP contribution is 2.09. The van der Waals surface area contributed by atoms with Crippen LogP contribution < -0.4 is 5.73 Å². The summed E-state index contributed by atoms with van der Waals surface area (Å²) < 4.78 is 4.76. The second kappa shape index (κ2) is 13.1. The zero-order valence-electron chi connectivity index (χ0n) is 13.0. The Labute approximate surface area is 123 Å². The topological polar surface area (TPSA) is 72.5 Å². The molecule has 0 aliphatic carbocycles. The van der Waals surface area contributed by atoms with Gasteiger partial charge in [0, 0.05) is 0 Å². The third kappa shape index (κ3) is 9.98. The van der Waals surface area contributed by atoms with E-state index >= 15 is 0 Å². The minimum Gasteiger partial charge on any atom is -0.465 e. The minimum atomic E-state index is -0.986. The first kappa shape index (κ1) is 19.1. The van der Waals surface area contributed by atoms with Crippen LogP contribution in [0.15, 0.2) is 12.2 Å². The van der Waals surface area contributed by atoms with E-state index in [1.807, 2.05) is 6.08 Å². The quantitative estimate of drug-likeness (QED) is 0.328. The third-order valence-electron chi connectivity index (χ3n) is 3.23. The van der Waals surface area contributed by atoms with E-state index in [1.165, 1.54) is 38.5 Å². The van der Waals surface area contributed by atoms with Gasteiger partial charge in [0.1, 0.15) is 6.04 Å². The highest BCUT2D eigenvalue weighted by molar-refractivity contribution is 5.76. The Hall–Kier alpha value is -0.870. The van der Waals surface area contributed by atoms with Crippen molar-refractivity contribution in [2.45, 2.75) is 77.4 Å². The number of carbonyl (C=O) groups is 1. The highest BCUT2D eigenvalue weighted by Gasteiger charge is 2.21. The first-order chi connectivity index (χ1) is 9.63. The molecule has 0 aromatic rings. The van der Waals surface area contributed by atoms with Crippen molar-refractivity contribution in [3.63, 3.8) is 0 Å². The third-order valence-corrected chi connectivity index (χ3v) is 3.23. The lowest BCUT2D eigenvalue weighted by atomic mass is 10.1. The zero-order valence-corrected chi connectivity index (χ0v) is 13.0. The number of hydrogen-bond acceptors (Lipinski definition) is 4. The molecule has 4 heteroatoms. The van der Waals surface area contributed by atoms with Crippen molar-refractivity contribution in [2.75, 3.05) is 6.61 Å². The lowest BCUT2D eigenvalue weighted by Crippen LogP contribution is -2.42. The molecule has 2 unspecified atom stereocenters. The number of unbranched alkanes of at least 4 members (excludes halogenated alkanes) is 7. The molecular formula is C16H31NO3. The number of carbonyl (C=O) groups excluding carboxylic acids is 1. The molecule has 118 valence electrons. The SMILES string of the molecule is CCCCCCCCC/C=C/C(O)C(N)C(=O)OCC. The Morgan fingerprint density at radius 1 is 1.15 bits per heavy atom. The largest absolute Gasteiger partial charge is 0.465 e. The van der Waals surface area contributed by atoms with Crippen LogP contribution in [0.2, 0.25) is 0 Å². The zero-order chi connectivity index (χ0) is 15.2. The molecule has 0 radical (unpaired) electrons. The summed E-state index contributed by atoms with van der Waals surface area (Å²) >= 11 is 0. The number of rotatable bonds is 12. The van der Waals surface area contributed by atoms with Crippen LogP contribution in [0, 0.1) is 0 Å². The second-order valence-electron chi connectivity index (χ2n) is 5.11. The van der Waals surface area contributed by atoms with E-state index in [0.29, 0.717) is 0 Å². The average molecular weight is 285 g/mol. The number of allylic oxidation sites excluding steroid dienone is 1. The van der Waals surface area contributed by atoms with Gasteiger partial charge >= 0.3 is 5.97 Å². The maximum Gasteiger partial charge on any atom is 0.325 e. The molecular weight excluding hydrogens is 254 g/mol. The summed E-state index contributed by atoms with van der Waals surface area (Å²) in [6.07, 6.45) is 12.3. The molecule has 0 saturated carbocycles. The van der Waals surface area contributed by atoms with Crippen molar-refractivity contribution in [1.82, 2.24) is 0 Å². The predicted molar refractivity (Wildman–Crippen MR) is 82.4 cm³/mol. The number of hydrogen-bond donors (Lipinski definition) is 2. The van der Waals surface area contributed by atoms with Crippen molar-refractivity contribution in [2.24, 2.45) is 5.73 Å². The number of nitrogens with two attached hydrogens (primary N) is 1. The molecule has 0 aromatic heterocycles. The normalized spacial score (nSPS) is 14.4. The molecule has 0 aliphatic heterocycles. The van der Waals surface area contributed by atoms with Crippen LogP contribution in [-0.4, -0.2) is 29.8 Å². The van der Waals surface area contributed by atoms with Crippen LogP contribution in [0.1, 0.15) is 65.2 Å². The maximum atomic E-state index is 11.3. The van der Waals surface area contributed by atoms with E-state index < -0.39 is 18.1 Å². The number of esters is 1. The fourth-order valence-corrected chi connectivity index (χ4v) is 1.95. The highest BCUT2D eigenvalue weighted by atomic mass is 16.5. The monoisotopic (exact) mass is 285 g/mol. The van der Waals surface area contributed by atoms with Gasteiger partial charge in [-0.2, -0.15) is 0 Å². The lowest BCUT2D eigenvalue weighted by molar-refractivity contribution is -0.146. The van der Waals surface area contributed by atoms with E-state index in [9.17, 15) is 9.90 Å². The van der Waals surface area contributed by atoms with Gasteiger partial charge in [-0.05, 0) is 19.8 Å². The van der Waals surface area contributed by atoms with Gasteiger partial charge in [-0.25, -0.2) is 0 Å². The molecule has 3 N–H and O–H groups in total. The van der Waals surface area contributed by atoms with E-state index in [2.05, 4.69) is 6.92 Å². The van der Waals surface area contributed by atoms with Crippen LogP contribution in [0.4, 0.5) is 0 Å². The fourth-order valence-electron chi connectivity index (χ4n) is 1.95. The Bertz CT molecular complexity index is 266. The van der Waals surface area contributed by atoms with Crippen molar-refractivity contribution >= 4 is 5.97 Å². The Balaban J connectivity index is 3.61. The Morgan fingerprint density at radius 2 is 1.75 bits per heavy atom. The summed E-state index contributed by atoms with van der Waals surface area (Å²) in [5, 5.41) is 9.70. The summed E-state index contributed by atoms with van der Waals surface area (Å²) in [6.45, 7) is 4.21. The molecule has 4 nitrogen and oxygen atoms in total. The van der Waals surface area contributed by atoms with Gasteiger partial charge in [0.05, 0.1) is 12.7 Å². The fraction of sp³-hybridized carbons (Fsp3) is 0.812. The molecule has 0 amide bonds. The van der Waals surface area contributed by atoms with Crippen molar-refractivity contribution in [3.05, 3.63) is 12.2 Å². The maximum absolute atomic E-state index is 11.3. The van der Waals surface area contributed by atoms with Gasteiger partial charge in [-0.15, -0.1) is 0 Å². The summed E-state index contributed by atoms with van der Waals surface area (Å²) in [4.78, 5) is 11.3. The smallest absolute Gasteiger partial charge is 0.325 e. The van der Waals surface area contributed by atoms with Crippen LogP contribution in [0.5, 0.6) is 0 Å². The molecule has 0 aliphatic rings. The second-order valence-corrected chi connectivity index (χ2v) is 5.11. The van der Waals surface area contributed by atoms with Crippen LogP contribution in [-0.2, 0) is 9.53 Å². The van der Waals surface area contributed by atoms with Gasteiger partial charge in [-0.3, -0.25) is 4.79 Å². The number of aliphatic hydroxyl groups excluding tert-OH is 1. The Morgan fingerprint density at radius 3 is 2.35 bits per heavy atom. The van der Waals surface area contributed by atoms with Crippen molar-refractivity contribution < 1.29 is 14.6 Å². The van der Waals surface area contributed by atoms with Crippen LogP contribution in [0.3, 0.4) is 0 Å². The first-order valence-electron chi connectivity index (χ1n) is 7.90. The average Bonchev–Trinajstić information content (AvgIpc) is 2.44. The van der Waals surface area contributed by atoms with Crippen molar-refractivity contribution in [3.8, 4) is 0 Å². The van der Waals surface area contributed by atoms with Gasteiger partial charge < -0.3 is 15.6 Å². The number of ether oxygens (including phenoxy) is 1. The number of aliphatic hydroxyl groups is 1. The summed E-state index contributed by atoms with van der Waals surface area (Å²) in [5.41, 5.74) is 5.58. The van der Waals surface area contributed by atoms with Gasteiger partial charge in [0.25, 0.3) is 0 Å². The predicted octanol–water partition coefficient (Wildman–Crippen LogP) is 2.93. The molecule has 0 fully saturated rings. The molecule has 20 heavy (non-hydrogen) atoms. The Kier molecular flexibility index (Phi) is 12.6. The molecule has 0 heterocycles. The first-order valence-corrected chi connectivity index (χ1v) is 7.90. The van der Waals surface area contributed by atoms with E-state index in [1.54, 1.807) is 13.0 Å². The van der Waals surface area contributed by atoms with Crippen LogP contribution >= 0.6 is 0 Å². The molecule has 2 atom stereocenters. The van der Waals surface area contributed by atoms with Crippen molar-refractivity contribution in [1.29, 1.82) is 0 Å². The van der Waals surface area contributed by atoms with E-state index in [4.69, 9.17) is 10.5 Å². The molecule has 0 saturated heterocycles. The van der Waals surface area contributed by atoms with E-state index in [-0.39, 0.29) is 6.61 Å². The molecule has 0 rings (SSSR count). The van der Waals surface area contributed by atoms with Gasteiger partial charge in [0.15, 0.2) is 0 Å². The van der Waals surface area contributed by atoms with Gasteiger partial charge in [-0.1, -0.05) is 57.6 Å². The minimum absolute atomic E-state index is 0.279. The summed E-state index contributed by atoms with van der Waals surface area (Å²) in [6, 6.07) is -0.986. The molecule has 0 bridgehead atoms. The standard InChI is InChI=1S/C16H31NO3/c1-3-5-6-7-8-9-10-11-12-13-14(18)15(17)16(19)20-4-2/h12-15,18H,3-11,17H2,1-2H3/b13-12+. The van der Waals surface area contributed by atoms with Crippen LogP contribution in [0.25, 0.3) is 0 Å². The van der Waals surface area contributed by atoms with E-state index in [0.717, 1.165) is 12.8 Å². The lowest BCUT2D eigenvalue weighted by Gasteiger charge is -2.13. The molecule has 0 spiro atoms. The summed E-state index contributed by atoms with van der Waals surface area (Å²) in [5.74, 6) is -0.555. The molecule has 0 aromatic carbocycles.